The summed E-state index contributed by atoms with van der Waals surface area (Å²) in [7, 11) is 1.82. The van der Waals surface area contributed by atoms with E-state index < -0.39 is 0 Å². The van der Waals surface area contributed by atoms with Gasteiger partial charge in [-0.25, -0.2) is 0 Å². The van der Waals surface area contributed by atoms with Gasteiger partial charge in [-0.2, -0.15) is 0 Å². The van der Waals surface area contributed by atoms with Crippen LogP contribution in [0.1, 0.15) is 41.1 Å². The minimum Gasteiger partial charge on any atom is -0.341 e. The maximum Gasteiger partial charge on any atom is 0.253 e. The number of carbonyl (C=O) groups is 2. The van der Waals surface area contributed by atoms with Gasteiger partial charge in [0.05, 0.1) is 16.1 Å². The van der Waals surface area contributed by atoms with Crippen LogP contribution in [0.3, 0.4) is 0 Å². The van der Waals surface area contributed by atoms with Crippen LogP contribution in [0.15, 0.2) is 42.5 Å². The van der Waals surface area contributed by atoms with Crippen LogP contribution < -0.4 is 5.32 Å². The third-order valence-electron chi connectivity index (χ3n) is 6.53. The monoisotopic (exact) mass is 529 g/mol. The number of nitrogens with zero attached hydrogens (tertiary/aromatic N) is 2. The van der Waals surface area contributed by atoms with E-state index in [9.17, 15) is 9.59 Å². The largest absolute Gasteiger partial charge is 0.341 e. The Labute approximate surface area is 215 Å². The van der Waals surface area contributed by atoms with Crippen molar-refractivity contribution in [2.24, 2.45) is 0 Å². The summed E-state index contributed by atoms with van der Waals surface area (Å²) >= 11 is 18.5. The van der Waals surface area contributed by atoms with Crippen LogP contribution in [-0.2, 0) is 4.79 Å². The third-order valence-corrected chi connectivity index (χ3v) is 7.52. The van der Waals surface area contributed by atoms with Crippen molar-refractivity contribution in [3.05, 3.63) is 68.7 Å². The maximum atomic E-state index is 13.2. The molecule has 1 N–H and O–H groups in total. The molecule has 9 heteroatoms. The molecule has 178 valence electrons. The highest BCUT2D eigenvalue weighted by atomic mass is 35.5. The number of rotatable bonds is 4. The van der Waals surface area contributed by atoms with Crippen LogP contribution in [0.2, 0.25) is 15.1 Å². The Bertz CT molecular complexity index is 996. The van der Waals surface area contributed by atoms with Crippen molar-refractivity contribution in [1.82, 2.24) is 15.1 Å². The van der Waals surface area contributed by atoms with Crippen LogP contribution in [0.5, 0.6) is 0 Å². The fraction of sp³-hybridized carbons (Fsp3) is 0.417. The Hall–Kier alpha value is -1.50. The molecular weight excluding hydrogens is 504 g/mol. The van der Waals surface area contributed by atoms with Crippen molar-refractivity contribution in [1.29, 1.82) is 0 Å². The van der Waals surface area contributed by atoms with Gasteiger partial charge >= 0.3 is 0 Å². The molecule has 2 amide bonds. The summed E-state index contributed by atoms with van der Waals surface area (Å²) in [5, 5.41) is 4.84. The van der Waals surface area contributed by atoms with E-state index >= 15 is 0 Å². The molecule has 0 radical (unpaired) electrons. The first kappa shape index (κ1) is 26.1. The zero-order valence-corrected chi connectivity index (χ0v) is 21.4. The number of nitrogens with one attached hydrogen (secondary N) is 1. The van der Waals surface area contributed by atoms with Crippen molar-refractivity contribution in [3.8, 4) is 0 Å². The van der Waals surface area contributed by atoms with Gasteiger partial charge in [0, 0.05) is 42.7 Å². The fourth-order valence-electron chi connectivity index (χ4n) is 4.74. The van der Waals surface area contributed by atoms with Crippen LogP contribution >= 0.6 is 47.2 Å². The molecule has 33 heavy (non-hydrogen) atoms. The van der Waals surface area contributed by atoms with Crippen molar-refractivity contribution >= 4 is 59.0 Å². The lowest BCUT2D eigenvalue weighted by atomic mass is 9.84. The number of amides is 2. The first-order chi connectivity index (χ1) is 15.3. The standard InChI is InChI=1S/C24H26Cl3N3O2.ClH/c1-29(23(31)15-4-7-17(25)8-5-15)22-10-12-30(24(32)21-3-2-11-28-21)14-18(22)16-6-9-19(26)20(27)13-16;/h4-9,13,18,21-22,28H,2-3,10-12,14H2,1H3;1H/t18-,21-,22+;/m0./s1. The van der Waals surface area contributed by atoms with Crippen LogP contribution in [0, 0.1) is 0 Å². The van der Waals surface area contributed by atoms with E-state index in [4.69, 9.17) is 34.8 Å². The van der Waals surface area contributed by atoms with Crippen molar-refractivity contribution < 1.29 is 9.59 Å². The average Bonchev–Trinajstić information content (AvgIpc) is 3.34. The Kier molecular flexibility index (Phi) is 8.93. The second kappa shape index (κ2) is 11.3. The minimum atomic E-state index is -0.116. The van der Waals surface area contributed by atoms with Gasteiger partial charge in [0.2, 0.25) is 5.91 Å². The summed E-state index contributed by atoms with van der Waals surface area (Å²) in [6.45, 7) is 2.01. The molecule has 0 saturated carbocycles. The molecule has 2 aliphatic rings. The quantitative estimate of drug-likeness (QED) is 0.585. The van der Waals surface area contributed by atoms with Crippen LogP contribution in [-0.4, -0.2) is 60.4 Å². The van der Waals surface area contributed by atoms with Gasteiger partial charge in [0.1, 0.15) is 0 Å². The fourth-order valence-corrected chi connectivity index (χ4v) is 5.17. The van der Waals surface area contributed by atoms with E-state index in [-0.39, 0.29) is 42.2 Å². The molecule has 2 fully saturated rings. The van der Waals surface area contributed by atoms with E-state index in [1.54, 1.807) is 35.2 Å². The highest BCUT2D eigenvalue weighted by Gasteiger charge is 2.38. The SMILES string of the molecule is CN(C(=O)c1ccc(Cl)cc1)[C@@H]1CCN(C(=O)[C@@H]2CCCN2)C[C@H]1c1ccc(Cl)c(Cl)c1.Cl. The number of hydrogen-bond donors (Lipinski definition) is 1. The normalized spacial score (nSPS) is 22.5. The third kappa shape index (κ3) is 5.77. The van der Waals surface area contributed by atoms with Gasteiger partial charge in [0.25, 0.3) is 5.91 Å². The lowest BCUT2D eigenvalue weighted by Gasteiger charge is -2.43. The highest BCUT2D eigenvalue weighted by Crippen LogP contribution is 2.35. The molecule has 2 aliphatic heterocycles. The summed E-state index contributed by atoms with van der Waals surface area (Å²) in [5.74, 6) is -0.0169. The molecule has 2 aromatic carbocycles. The van der Waals surface area contributed by atoms with Gasteiger partial charge in [-0.15, -0.1) is 12.4 Å². The molecule has 0 aliphatic carbocycles. The second-order valence-corrected chi connectivity index (χ2v) is 9.74. The molecule has 0 unspecified atom stereocenters. The van der Waals surface area contributed by atoms with Crippen LogP contribution in [0.4, 0.5) is 0 Å². The average molecular weight is 531 g/mol. The summed E-state index contributed by atoms with van der Waals surface area (Å²) in [4.78, 5) is 30.0. The smallest absolute Gasteiger partial charge is 0.253 e. The summed E-state index contributed by atoms with van der Waals surface area (Å²) < 4.78 is 0. The number of likely N-dealkylation sites (N-methyl/N-ethyl adjacent to an activating group) is 1. The van der Waals surface area contributed by atoms with E-state index in [0.717, 1.165) is 24.9 Å². The number of benzene rings is 2. The predicted octanol–water partition coefficient (Wildman–Crippen LogP) is 5.28. The zero-order valence-electron chi connectivity index (χ0n) is 18.3. The molecule has 0 bridgehead atoms. The van der Waals surface area contributed by atoms with Gasteiger partial charge in [-0.05, 0) is 67.8 Å². The second-order valence-electron chi connectivity index (χ2n) is 8.49. The number of carbonyl (C=O) groups excluding carboxylic acids is 2. The molecule has 3 atom stereocenters. The Morgan fingerprint density at radius 1 is 1.03 bits per heavy atom. The van der Waals surface area contributed by atoms with Crippen molar-refractivity contribution in [2.75, 3.05) is 26.7 Å². The van der Waals surface area contributed by atoms with Gasteiger partial charge < -0.3 is 15.1 Å². The summed E-state index contributed by atoms with van der Waals surface area (Å²) in [5.41, 5.74) is 1.55. The number of hydrogen-bond acceptors (Lipinski definition) is 3. The minimum absolute atomic E-state index is 0. The molecular formula is C24H27Cl4N3O2. The van der Waals surface area contributed by atoms with Gasteiger partial charge in [-0.3, -0.25) is 9.59 Å². The van der Waals surface area contributed by atoms with Gasteiger partial charge in [0.15, 0.2) is 0 Å². The molecule has 2 heterocycles. The summed E-state index contributed by atoms with van der Waals surface area (Å²) in [6, 6.07) is 12.3. The van der Waals surface area contributed by atoms with Crippen LogP contribution in [0.25, 0.3) is 0 Å². The first-order valence-corrected chi connectivity index (χ1v) is 12.0. The molecule has 4 rings (SSSR count). The molecule has 2 aromatic rings. The lowest BCUT2D eigenvalue weighted by molar-refractivity contribution is -0.134. The van der Waals surface area contributed by atoms with E-state index in [0.29, 0.717) is 40.1 Å². The topological polar surface area (TPSA) is 52.7 Å². The molecule has 2 saturated heterocycles. The first-order valence-electron chi connectivity index (χ1n) is 10.8. The van der Waals surface area contributed by atoms with Crippen molar-refractivity contribution in [3.63, 3.8) is 0 Å². The Balaban J connectivity index is 0.00000306. The Morgan fingerprint density at radius 2 is 1.76 bits per heavy atom. The molecule has 5 nitrogen and oxygen atoms in total. The zero-order chi connectivity index (χ0) is 22.8. The van der Waals surface area contributed by atoms with E-state index in [2.05, 4.69) is 5.32 Å². The summed E-state index contributed by atoms with van der Waals surface area (Å²) in [6.07, 6.45) is 2.56. The van der Waals surface area contributed by atoms with Crippen molar-refractivity contribution in [2.45, 2.75) is 37.3 Å². The predicted molar refractivity (Wildman–Crippen MR) is 136 cm³/mol. The Morgan fingerprint density at radius 3 is 2.39 bits per heavy atom. The number of piperidine rings is 1. The number of halogens is 4. The molecule has 0 aromatic heterocycles. The van der Waals surface area contributed by atoms with E-state index in [1.807, 2.05) is 24.1 Å². The number of likely N-dealkylation sites (tertiary alicyclic amines) is 1. The lowest BCUT2D eigenvalue weighted by Crippen LogP contribution is -2.54. The van der Waals surface area contributed by atoms with E-state index in [1.165, 1.54) is 0 Å². The van der Waals surface area contributed by atoms with Gasteiger partial charge in [-0.1, -0.05) is 40.9 Å². The maximum absolute atomic E-state index is 13.2. The molecule has 0 spiro atoms. The highest BCUT2D eigenvalue weighted by molar-refractivity contribution is 6.42.